The molecule has 13 nitrogen and oxygen atoms in total. The molecule has 3 aromatic rings. The van der Waals surface area contributed by atoms with Gasteiger partial charge in [0.15, 0.2) is 0 Å². The number of benzene rings is 2. The number of phenolic OH excluding ortho intramolecular Hbond substituents is 1. The maximum atomic E-state index is 13.6. The molecule has 2 aromatic carbocycles. The SMILES string of the molecule is CC(C)CC(NC(=O)C(Cc1c[nH]c2ccccc12)NC(=O)C(N)CC(=O)O)C(=O)NC(Cc1ccc(O)cc1)C(=O)O. The number of nitrogens with one attached hydrogen (secondary N) is 4. The number of carbonyl (C=O) groups excluding carboxylic acids is 3. The van der Waals surface area contributed by atoms with Gasteiger partial charge in [-0.25, -0.2) is 4.79 Å². The van der Waals surface area contributed by atoms with Crippen LogP contribution in [-0.4, -0.2) is 74.1 Å². The maximum Gasteiger partial charge on any atom is 0.326 e. The Morgan fingerprint density at radius 3 is 2.05 bits per heavy atom. The Kier molecular flexibility index (Phi) is 11.2. The van der Waals surface area contributed by atoms with Gasteiger partial charge < -0.3 is 42.0 Å². The second-order valence-electron chi connectivity index (χ2n) is 10.8. The zero-order valence-electron chi connectivity index (χ0n) is 23.9. The van der Waals surface area contributed by atoms with Gasteiger partial charge in [0.25, 0.3) is 0 Å². The Bertz CT molecular complexity index is 1450. The summed E-state index contributed by atoms with van der Waals surface area (Å²) in [6, 6.07) is 8.10. The van der Waals surface area contributed by atoms with Crippen molar-refractivity contribution >= 4 is 40.6 Å². The second-order valence-corrected chi connectivity index (χ2v) is 10.8. The Labute approximate surface area is 247 Å². The Hall–Kier alpha value is -4.91. The lowest BCUT2D eigenvalue weighted by Crippen LogP contribution is -2.58. The number of rotatable bonds is 15. The van der Waals surface area contributed by atoms with Gasteiger partial charge in [-0.3, -0.25) is 19.2 Å². The van der Waals surface area contributed by atoms with Crippen molar-refractivity contribution in [1.82, 2.24) is 20.9 Å². The van der Waals surface area contributed by atoms with Crippen molar-refractivity contribution in [2.24, 2.45) is 11.7 Å². The lowest BCUT2D eigenvalue weighted by atomic mass is 9.99. The van der Waals surface area contributed by atoms with E-state index in [2.05, 4.69) is 20.9 Å². The molecule has 0 aliphatic heterocycles. The van der Waals surface area contributed by atoms with E-state index < -0.39 is 60.2 Å². The van der Waals surface area contributed by atoms with E-state index in [1.165, 1.54) is 24.3 Å². The van der Waals surface area contributed by atoms with Crippen LogP contribution in [0.1, 0.15) is 37.8 Å². The number of hydrogen-bond donors (Lipinski definition) is 8. The summed E-state index contributed by atoms with van der Waals surface area (Å²) >= 11 is 0. The standard InChI is InChI=1S/C30H37N5O8/c1-16(2)11-23(28(40)35-25(30(42)43)12-17-7-9-19(36)10-8-17)34-29(41)24(33-27(39)21(31)14-26(37)38)13-18-15-32-22-6-4-3-5-20(18)22/h3-10,15-16,21,23-25,32,36H,11-14,31H2,1-2H3,(H,33,39)(H,34,41)(H,35,40)(H,37,38)(H,42,43). The van der Waals surface area contributed by atoms with Crippen LogP contribution in [0, 0.1) is 5.92 Å². The first-order chi connectivity index (χ1) is 20.3. The molecule has 0 saturated heterocycles. The van der Waals surface area contributed by atoms with Crippen molar-refractivity contribution in [3.05, 3.63) is 65.9 Å². The summed E-state index contributed by atoms with van der Waals surface area (Å²) in [7, 11) is 0. The number of carbonyl (C=O) groups is 5. The van der Waals surface area contributed by atoms with Gasteiger partial charge in [-0.15, -0.1) is 0 Å². The topological polar surface area (TPSA) is 224 Å². The van der Waals surface area contributed by atoms with Gasteiger partial charge in [0.1, 0.15) is 23.9 Å². The van der Waals surface area contributed by atoms with Crippen LogP contribution < -0.4 is 21.7 Å². The molecule has 230 valence electrons. The van der Waals surface area contributed by atoms with E-state index in [0.29, 0.717) is 11.1 Å². The highest BCUT2D eigenvalue weighted by Gasteiger charge is 2.31. The van der Waals surface area contributed by atoms with Gasteiger partial charge in [-0.1, -0.05) is 44.2 Å². The number of nitrogens with two attached hydrogens (primary N) is 1. The van der Waals surface area contributed by atoms with Crippen molar-refractivity contribution in [1.29, 1.82) is 0 Å². The number of phenols is 1. The predicted octanol–water partition coefficient (Wildman–Crippen LogP) is 1.05. The number of hydrogen-bond acceptors (Lipinski definition) is 7. The molecule has 0 bridgehead atoms. The largest absolute Gasteiger partial charge is 0.508 e. The number of H-pyrrole nitrogens is 1. The van der Waals surface area contributed by atoms with Crippen molar-refractivity contribution in [2.75, 3.05) is 0 Å². The fraction of sp³-hybridized carbons (Fsp3) is 0.367. The fourth-order valence-corrected chi connectivity index (χ4v) is 4.60. The third-order valence-electron chi connectivity index (χ3n) is 6.79. The van der Waals surface area contributed by atoms with E-state index in [4.69, 9.17) is 10.8 Å². The number of carboxylic acid groups (broad SMARTS) is 2. The summed E-state index contributed by atoms with van der Waals surface area (Å²) in [6.07, 6.45) is 1.13. The van der Waals surface area contributed by atoms with Crippen LogP contribution in [0.2, 0.25) is 0 Å². The van der Waals surface area contributed by atoms with Crippen molar-refractivity contribution in [2.45, 2.75) is 63.7 Å². The number of aromatic nitrogens is 1. The van der Waals surface area contributed by atoms with Gasteiger partial charge in [0.2, 0.25) is 17.7 Å². The van der Waals surface area contributed by atoms with Crippen molar-refractivity contribution in [3.8, 4) is 5.75 Å². The summed E-state index contributed by atoms with van der Waals surface area (Å²) in [4.78, 5) is 65.8. The van der Waals surface area contributed by atoms with Crippen LogP contribution in [0.4, 0.5) is 0 Å². The molecule has 1 heterocycles. The number of para-hydroxylation sites is 1. The molecule has 43 heavy (non-hydrogen) atoms. The molecular formula is C30H37N5O8. The van der Waals surface area contributed by atoms with Gasteiger partial charge in [-0.05, 0) is 41.7 Å². The normalized spacial score (nSPS) is 14.0. The summed E-state index contributed by atoms with van der Waals surface area (Å²) in [6.45, 7) is 3.65. The molecule has 0 aliphatic rings. The Morgan fingerprint density at radius 2 is 1.42 bits per heavy atom. The highest BCUT2D eigenvalue weighted by atomic mass is 16.4. The highest BCUT2D eigenvalue weighted by Crippen LogP contribution is 2.20. The molecule has 4 atom stereocenters. The maximum absolute atomic E-state index is 13.6. The molecule has 13 heteroatoms. The van der Waals surface area contributed by atoms with Crippen molar-refractivity contribution in [3.63, 3.8) is 0 Å². The number of aromatic amines is 1. The molecule has 3 amide bonds. The second kappa shape index (κ2) is 14.8. The van der Waals surface area contributed by atoms with Crippen molar-refractivity contribution < 1.29 is 39.3 Å². The third-order valence-corrected chi connectivity index (χ3v) is 6.79. The Balaban J connectivity index is 1.82. The molecule has 4 unspecified atom stereocenters. The zero-order valence-corrected chi connectivity index (χ0v) is 23.9. The molecule has 1 aromatic heterocycles. The van der Waals surface area contributed by atoms with Crippen LogP contribution in [0.3, 0.4) is 0 Å². The van der Waals surface area contributed by atoms with Crippen LogP contribution in [0.25, 0.3) is 10.9 Å². The minimum atomic E-state index is -1.42. The molecule has 9 N–H and O–H groups in total. The van der Waals surface area contributed by atoms with Crippen LogP contribution in [0.15, 0.2) is 54.7 Å². The first-order valence-electron chi connectivity index (χ1n) is 13.8. The fourth-order valence-electron chi connectivity index (χ4n) is 4.60. The highest BCUT2D eigenvalue weighted by molar-refractivity contribution is 5.95. The van der Waals surface area contributed by atoms with Gasteiger partial charge >= 0.3 is 11.9 Å². The van der Waals surface area contributed by atoms with E-state index in [9.17, 15) is 34.2 Å². The molecule has 0 aliphatic carbocycles. The van der Waals surface area contributed by atoms with Gasteiger partial charge in [0, 0.05) is 29.9 Å². The van der Waals surface area contributed by atoms with E-state index >= 15 is 0 Å². The molecular weight excluding hydrogens is 558 g/mol. The lowest BCUT2D eigenvalue weighted by molar-refractivity contribution is -0.142. The first kappa shape index (κ1) is 32.6. The molecule has 0 spiro atoms. The van der Waals surface area contributed by atoms with Crippen LogP contribution in [-0.2, 0) is 36.8 Å². The van der Waals surface area contributed by atoms with E-state index in [0.717, 1.165) is 10.9 Å². The Morgan fingerprint density at radius 1 is 0.814 bits per heavy atom. The van der Waals surface area contributed by atoms with Gasteiger partial charge in [-0.2, -0.15) is 0 Å². The summed E-state index contributed by atoms with van der Waals surface area (Å²) in [5, 5.41) is 36.8. The first-order valence-corrected chi connectivity index (χ1v) is 13.8. The summed E-state index contributed by atoms with van der Waals surface area (Å²) in [5.74, 6) is -4.95. The smallest absolute Gasteiger partial charge is 0.326 e. The van der Waals surface area contributed by atoms with E-state index in [1.807, 2.05) is 38.1 Å². The lowest BCUT2D eigenvalue weighted by Gasteiger charge is -2.26. The number of aliphatic carboxylic acids is 2. The van der Waals surface area contributed by atoms with Gasteiger partial charge in [0.05, 0.1) is 12.5 Å². The molecule has 3 rings (SSSR count). The summed E-state index contributed by atoms with van der Waals surface area (Å²) < 4.78 is 0. The average molecular weight is 596 g/mol. The number of carboxylic acids is 2. The van der Waals surface area contributed by atoms with E-state index in [1.54, 1.807) is 6.20 Å². The van der Waals surface area contributed by atoms with E-state index in [-0.39, 0.29) is 30.9 Å². The number of amides is 3. The molecule has 0 fully saturated rings. The molecule has 0 saturated carbocycles. The third kappa shape index (κ3) is 9.57. The minimum absolute atomic E-state index is 0.00397. The average Bonchev–Trinajstić information content (AvgIpc) is 3.35. The minimum Gasteiger partial charge on any atom is -0.508 e. The molecule has 0 radical (unpaired) electrons. The quantitative estimate of drug-likeness (QED) is 0.125. The predicted molar refractivity (Wildman–Crippen MR) is 157 cm³/mol. The van der Waals surface area contributed by atoms with Crippen LogP contribution in [0.5, 0.6) is 5.75 Å². The summed E-state index contributed by atoms with van der Waals surface area (Å²) in [5.41, 5.74) is 7.79. The number of fused-ring (bicyclic) bond motifs is 1. The number of aromatic hydroxyl groups is 1. The van der Waals surface area contributed by atoms with Crippen LogP contribution >= 0.6 is 0 Å². The zero-order chi connectivity index (χ0) is 31.7. The monoisotopic (exact) mass is 595 g/mol.